The molecule has 1 aliphatic rings. The second-order valence-electron chi connectivity index (χ2n) is 5.65. The number of hydrogen-bond donors (Lipinski definition) is 1. The van der Waals surface area contributed by atoms with Crippen molar-refractivity contribution < 1.29 is 9.47 Å². The van der Waals surface area contributed by atoms with Gasteiger partial charge in [0.15, 0.2) is 0 Å². The highest BCUT2D eigenvalue weighted by Gasteiger charge is 2.23. The van der Waals surface area contributed by atoms with Crippen molar-refractivity contribution in [1.82, 2.24) is 10.2 Å². The van der Waals surface area contributed by atoms with Gasteiger partial charge in [0.05, 0.1) is 11.1 Å². The Bertz CT molecular complexity index is 454. The molecule has 4 nitrogen and oxygen atoms in total. The van der Waals surface area contributed by atoms with Gasteiger partial charge in [0.1, 0.15) is 18.5 Å². The van der Waals surface area contributed by atoms with Gasteiger partial charge in [-0.05, 0) is 42.9 Å². The van der Waals surface area contributed by atoms with E-state index >= 15 is 0 Å². The van der Waals surface area contributed by atoms with Gasteiger partial charge in [-0.25, -0.2) is 0 Å². The molecule has 1 fully saturated rings. The number of hydrogen-bond acceptors (Lipinski definition) is 4. The second-order valence-corrected chi connectivity index (χ2v) is 6.51. The van der Waals surface area contributed by atoms with Crippen LogP contribution < -0.4 is 10.1 Å². The van der Waals surface area contributed by atoms with Crippen molar-refractivity contribution in [1.29, 1.82) is 0 Å². The van der Waals surface area contributed by atoms with Crippen LogP contribution in [0.2, 0.25) is 0 Å². The van der Waals surface area contributed by atoms with Crippen LogP contribution >= 0.6 is 15.9 Å². The first-order valence-corrected chi connectivity index (χ1v) is 8.31. The highest BCUT2D eigenvalue weighted by Crippen LogP contribution is 2.29. The van der Waals surface area contributed by atoms with Gasteiger partial charge in [-0.3, -0.25) is 4.90 Å². The summed E-state index contributed by atoms with van der Waals surface area (Å²) in [7, 11) is 1.94. The molecule has 1 saturated heterocycles. The van der Waals surface area contributed by atoms with Crippen LogP contribution in [-0.4, -0.2) is 50.4 Å². The second kappa shape index (κ2) is 8.13. The summed E-state index contributed by atoms with van der Waals surface area (Å²) >= 11 is 3.57. The number of nitrogens with zero attached hydrogens (tertiary/aromatic N) is 1. The molecular weight excluding hydrogens is 332 g/mol. The molecule has 1 unspecified atom stereocenters. The first-order valence-electron chi connectivity index (χ1n) is 7.52. The van der Waals surface area contributed by atoms with Crippen molar-refractivity contribution in [2.24, 2.45) is 0 Å². The standard InChI is InChI=1S/C16H25BrN2O2/c1-12(2)19-7-8-20-14(10-19)11-21-16-13(9-18-3)5-4-6-15(16)17/h4-6,12,14,18H,7-11H2,1-3H3. The average molecular weight is 357 g/mol. The maximum absolute atomic E-state index is 6.05. The Morgan fingerprint density at radius 2 is 2.29 bits per heavy atom. The van der Waals surface area contributed by atoms with Crippen molar-refractivity contribution in [3.05, 3.63) is 28.2 Å². The fourth-order valence-corrected chi connectivity index (χ4v) is 3.05. The SMILES string of the molecule is CNCc1cccc(Br)c1OCC1CN(C(C)C)CCO1. The molecule has 1 N–H and O–H groups in total. The normalized spacial score (nSPS) is 20.0. The largest absolute Gasteiger partial charge is 0.489 e. The number of rotatable bonds is 6. The van der Waals surface area contributed by atoms with Gasteiger partial charge >= 0.3 is 0 Å². The molecule has 1 heterocycles. The number of ether oxygens (including phenoxy) is 2. The van der Waals surface area contributed by atoms with E-state index in [-0.39, 0.29) is 6.10 Å². The quantitative estimate of drug-likeness (QED) is 0.849. The van der Waals surface area contributed by atoms with E-state index in [2.05, 4.69) is 46.1 Å². The molecule has 1 aliphatic heterocycles. The van der Waals surface area contributed by atoms with E-state index in [1.165, 1.54) is 0 Å². The van der Waals surface area contributed by atoms with Gasteiger partial charge < -0.3 is 14.8 Å². The van der Waals surface area contributed by atoms with Crippen LogP contribution in [0.25, 0.3) is 0 Å². The summed E-state index contributed by atoms with van der Waals surface area (Å²) in [6.07, 6.45) is 0.135. The van der Waals surface area contributed by atoms with E-state index in [9.17, 15) is 0 Å². The predicted molar refractivity (Wildman–Crippen MR) is 88.8 cm³/mol. The lowest BCUT2D eigenvalue weighted by atomic mass is 10.2. The van der Waals surface area contributed by atoms with E-state index < -0.39 is 0 Å². The van der Waals surface area contributed by atoms with Gasteiger partial charge in [-0.15, -0.1) is 0 Å². The van der Waals surface area contributed by atoms with Crippen LogP contribution in [0.4, 0.5) is 0 Å². The average Bonchev–Trinajstić information content (AvgIpc) is 2.47. The lowest BCUT2D eigenvalue weighted by Gasteiger charge is -2.35. The maximum atomic E-state index is 6.05. The summed E-state index contributed by atoms with van der Waals surface area (Å²) in [5.74, 6) is 0.914. The zero-order valence-corrected chi connectivity index (χ0v) is 14.6. The minimum Gasteiger partial charge on any atom is -0.489 e. The summed E-state index contributed by atoms with van der Waals surface area (Å²) < 4.78 is 12.9. The smallest absolute Gasteiger partial charge is 0.138 e. The van der Waals surface area contributed by atoms with Crippen LogP contribution in [0.5, 0.6) is 5.75 Å². The van der Waals surface area contributed by atoms with Crippen molar-refractivity contribution in [3.8, 4) is 5.75 Å². The molecule has 0 amide bonds. The molecule has 0 aliphatic carbocycles. The van der Waals surface area contributed by atoms with E-state index in [1.807, 2.05) is 19.2 Å². The summed E-state index contributed by atoms with van der Waals surface area (Å²) in [5.41, 5.74) is 1.16. The molecule has 1 aromatic rings. The topological polar surface area (TPSA) is 33.7 Å². The van der Waals surface area contributed by atoms with Gasteiger partial charge in [-0.2, -0.15) is 0 Å². The monoisotopic (exact) mass is 356 g/mol. The highest BCUT2D eigenvalue weighted by molar-refractivity contribution is 9.10. The van der Waals surface area contributed by atoms with E-state index in [0.717, 1.165) is 42.0 Å². The molecule has 0 saturated carbocycles. The number of para-hydroxylation sites is 1. The van der Waals surface area contributed by atoms with Crippen LogP contribution in [0.15, 0.2) is 22.7 Å². The molecule has 2 rings (SSSR count). The number of morpholine rings is 1. The third-order valence-corrected chi connectivity index (χ3v) is 4.35. The summed E-state index contributed by atoms with van der Waals surface area (Å²) in [4.78, 5) is 2.44. The first kappa shape index (κ1) is 16.7. The Balaban J connectivity index is 1.96. The van der Waals surface area contributed by atoms with Gasteiger partial charge in [0.25, 0.3) is 0 Å². The number of benzene rings is 1. The van der Waals surface area contributed by atoms with Crippen LogP contribution in [0, 0.1) is 0 Å². The van der Waals surface area contributed by atoms with Gasteiger partial charge in [0, 0.05) is 31.2 Å². The lowest BCUT2D eigenvalue weighted by Crippen LogP contribution is -2.47. The predicted octanol–water partition coefficient (Wildman–Crippen LogP) is 2.66. The first-order chi connectivity index (χ1) is 10.1. The van der Waals surface area contributed by atoms with Crippen LogP contribution in [0.3, 0.4) is 0 Å². The van der Waals surface area contributed by atoms with Crippen molar-refractivity contribution in [2.45, 2.75) is 32.5 Å². The Kier molecular flexibility index (Phi) is 6.48. The van der Waals surface area contributed by atoms with Gasteiger partial charge in [0.2, 0.25) is 0 Å². The minimum absolute atomic E-state index is 0.135. The molecule has 21 heavy (non-hydrogen) atoms. The Hall–Kier alpha value is -0.620. The van der Waals surface area contributed by atoms with Crippen molar-refractivity contribution in [3.63, 3.8) is 0 Å². The van der Waals surface area contributed by atoms with Crippen LogP contribution in [0.1, 0.15) is 19.4 Å². The van der Waals surface area contributed by atoms with Crippen molar-refractivity contribution >= 4 is 15.9 Å². The third-order valence-electron chi connectivity index (χ3n) is 3.73. The van der Waals surface area contributed by atoms with Gasteiger partial charge in [-0.1, -0.05) is 12.1 Å². The molecule has 0 spiro atoms. The van der Waals surface area contributed by atoms with E-state index in [4.69, 9.17) is 9.47 Å². The molecular formula is C16H25BrN2O2. The molecule has 1 atom stereocenters. The zero-order chi connectivity index (χ0) is 15.2. The van der Waals surface area contributed by atoms with Crippen LogP contribution in [-0.2, 0) is 11.3 Å². The third kappa shape index (κ3) is 4.68. The molecule has 5 heteroatoms. The fraction of sp³-hybridized carbons (Fsp3) is 0.625. The van der Waals surface area contributed by atoms with Crippen molar-refractivity contribution in [2.75, 3.05) is 33.4 Å². The number of halogens is 1. The van der Waals surface area contributed by atoms with E-state index in [1.54, 1.807) is 0 Å². The minimum atomic E-state index is 0.135. The summed E-state index contributed by atoms with van der Waals surface area (Å²) in [6.45, 7) is 8.55. The molecule has 1 aromatic carbocycles. The Morgan fingerprint density at radius 1 is 1.48 bits per heavy atom. The maximum Gasteiger partial charge on any atom is 0.138 e. The summed E-state index contributed by atoms with van der Waals surface area (Å²) in [6, 6.07) is 6.68. The fourth-order valence-electron chi connectivity index (χ4n) is 2.53. The van der Waals surface area contributed by atoms with E-state index in [0.29, 0.717) is 12.6 Å². The Labute approximate surface area is 135 Å². The highest BCUT2D eigenvalue weighted by atomic mass is 79.9. The molecule has 0 radical (unpaired) electrons. The zero-order valence-electron chi connectivity index (χ0n) is 13.1. The Morgan fingerprint density at radius 3 is 3.00 bits per heavy atom. The molecule has 0 aromatic heterocycles. The molecule has 0 bridgehead atoms. The summed E-state index contributed by atoms with van der Waals surface area (Å²) in [5, 5.41) is 3.17. The lowest BCUT2D eigenvalue weighted by molar-refractivity contribution is -0.0566. The molecule has 118 valence electrons. The number of nitrogens with one attached hydrogen (secondary N) is 1.